The highest BCUT2D eigenvalue weighted by atomic mass is 16.5. The maximum absolute atomic E-state index is 11.6. The number of aromatic nitrogens is 2. The molecule has 4 heteroatoms. The van der Waals surface area contributed by atoms with E-state index in [1.165, 1.54) is 5.56 Å². The Hall–Kier alpha value is -2.10. The Morgan fingerprint density at radius 1 is 1.19 bits per heavy atom. The van der Waals surface area contributed by atoms with Crippen molar-refractivity contribution in [3.05, 3.63) is 46.1 Å². The molecule has 0 aliphatic carbocycles. The minimum atomic E-state index is -0.445. The van der Waals surface area contributed by atoms with Crippen LogP contribution in [-0.4, -0.2) is 9.56 Å². The second-order valence-corrected chi connectivity index (χ2v) is 3.96. The van der Waals surface area contributed by atoms with Crippen molar-refractivity contribution in [2.24, 2.45) is 0 Å². The molecule has 2 aromatic heterocycles. The van der Waals surface area contributed by atoms with Gasteiger partial charge >= 0.3 is 5.76 Å². The third-order valence-corrected chi connectivity index (χ3v) is 2.77. The lowest BCUT2D eigenvalue weighted by Gasteiger charge is -1.96. The SMILES string of the molecule is Cc1ccc2c(c1)cc1c(C)noc(=O)n12. The molecule has 4 nitrogen and oxygen atoms in total. The predicted molar refractivity (Wildman–Crippen MR) is 60.7 cm³/mol. The van der Waals surface area contributed by atoms with E-state index in [1.807, 2.05) is 38.1 Å². The molecule has 0 saturated heterocycles. The van der Waals surface area contributed by atoms with Gasteiger partial charge in [0.1, 0.15) is 5.69 Å². The van der Waals surface area contributed by atoms with E-state index < -0.39 is 5.76 Å². The zero-order valence-electron chi connectivity index (χ0n) is 9.02. The van der Waals surface area contributed by atoms with Crippen molar-refractivity contribution < 1.29 is 4.52 Å². The van der Waals surface area contributed by atoms with Crippen molar-refractivity contribution in [3.8, 4) is 0 Å². The van der Waals surface area contributed by atoms with Crippen LogP contribution in [-0.2, 0) is 0 Å². The molecule has 1 aromatic carbocycles. The molecule has 0 bridgehead atoms. The summed E-state index contributed by atoms with van der Waals surface area (Å²) in [5.74, 6) is -0.445. The molecule has 0 aliphatic rings. The van der Waals surface area contributed by atoms with E-state index in [1.54, 1.807) is 4.40 Å². The second kappa shape index (κ2) is 2.95. The Morgan fingerprint density at radius 3 is 2.81 bits per heavy atom. The van der Waals surface area contributed by atoms with Crippen LogP contribution in [0.2, 0.25) is 0 Å². The van der Waals surface area contributed by atoms with Crippen LogP contribution < -0.4 is 5.76 Å². The molecule has 0 aliphatic heterocycles. The van der Waals surface area contributed by atoms with E-state index in [0.29, 0.717) is 5.69 Å². The third kappa shape index (κ3) is 1.10. The van der Waals surface area contributed by atoms with Gasteiger partial charge in [-0.05, 0) is 32.0 Å². The number of benzene rings is 1. The normalized spacial score (nSPS) is 11.4. The molecule has 0 radical (unpaired) electrons. The maximum atomic E-state index is 11.6. The molecule has 0 N–H and O–H groups in total. The zero-order valence-corrected chi connectivity index (χ0v) is 9.02. The van der Waals surface area contributed by atoms with E-state index in [0.717, 1.165) is 16.4 Å². The molecule has 16 heavy (non-hydrogen) atoms. The smallest absolute Gasteiger partial charge is 0.297 e. The van der Waals surface area contributed by atoms with Gasteiger partial charge in [0.05, 0.1) is 11.0 Å². The van der Waals surface area contributed by atoms with Crippen molar-refractivity contribution in [2.45, 2.75) is 13.8 Å². The van der Waals surface area contributed by atoms with Crippen LogP contribution in [0.4, 0.5) is 0 Å². The summed E-state index contributed by atoms with van der Waals surface area (Å²) in [6, 6.07) is 7.90. The quantitative estimate of drug-likeness (QED) is 0.575. The molecule has 0 spiro atoms. The fourth-order valence-electron chi connectivity index (χ4n) is 1.99. The van der Waals surface area contributed by atoms with Crippen molar-refractivity contribution >= 4 is 16.4 Å². The number of fused-ring (bicyclic) bond motifs is 3. The molecule has 0 saturated carbocycles. The Bertz CT molecular complexity index is 753. The molecule has 0 atom stereocenters. The number of hydrogen-bond acceptors (Lipinski definition) is 3. The number of aryl methyl sites for hydroxylation is 2. The first-order chi connectivity index (χ1) is 7.66. The van der Waals surface area contributed by atoms with Crippen molar-refractivity contribution in [3.63, 3.8) is 0 Å². The zero-order chi connectivity index (χ0) is 11.3. The van der Waals surface area contributed by atoms with Crippen LogP contribution >= 0.6 is 0 Å². The number of hydrogen-bond donors (Lipinski definition) is 0. The summed E-state index contributed by atoms with van der Waals surface area (Å²) >= 11 is 0. The Balaban J connectivity index is 2.66. The van der Waals surface area contributed by atoms with Crippen LogP contribution in [0.5, 0.6) is 0 Å². The van der Waals surface area contributed by atoms with Crippen LogP contribution in [0.3, 0.4) is 0 Å². The summed E-state index contributed by atoms with van der Waals surface area (Å²) in [5, 5.41) is 4.75. The van der Waals surface area contributed by atoms with Gasteiger partial charge in [0.15, 0.2) is 0 Å². The largest absolute Gasteiger partial charge is 0.445 e. The number of nitrogens with zero attached hydrogens (tertiary/aromatic N) is 2. The molecule has 3 rings (SSSR count). The Morgan fingerprint density at radius 2 is 2.00 bits per heavy atom. The highest BCUT2D eigenvalue weighted by Crippen LogP contribution is 2.20. The van der Waals surface area contributed by atoms with Gasteiger partial charge in [0.2, 0.25) is 0 Å². The summed E-state index contributed by atoms with van der Waals surface area (Å²) < 4.78 is 6.28. The van der Waals surface area contributed by atoms with Gasteiger partial charge in [-0.3, -0.25) is 4.52 Å². The summed E-state index contributed by atoms with van der Waals surface area (Å²) in [6.45, 7) is 3.85. The van der Waals surface area contributed by atoms with E-state index in [-0.39, 0.29) is 0 Å². The highest BCUT2D eigenvalue weighted by Gasteiger charge is 2.09. The monoisotopic (exact) mass is 214 g/mol. The standard InChI is InChI=1S/C12H10N2O2/c1-7-3-4-10-9(5-7)6-11-8(2)13-16-12(15)14(10)11/h3-6H,1-2H3. The first kappa shape index (κ1) is 9.15. The first-order valence-electron chi connectivity index (χ1n) is 5.05. The Kier molecular flexibility index (Phi) is 1.68. The molecule has 3 aromatic rings. The van der Waals surface area contributed by atoms with Gasteiger partial charge in [-0.2, -0.15) is 0 Å². The van der Waals surface area contributed by atoms with Crippen LogP contribution in [0.15, 0.2) is 33.6 Å². The van der Waals surface area contributed by atoms with Crippen molar-refractivity contribution in [1.82, 2.24) is 9.56 Å². The fraction of sp³-hybridized carbons (Fsp3) is 0.167. The van der Waals surface area contributed by atoms with Crippen LogP contribution in [0, 0.1) is 13.8 Å². The number of rotatable bonds is 0. The summed E-state index contributed by atoms with van der Waals surface area (Å²) in [6.07, 6.45) is 0. The van der Waals surface area contributed by atoms with Gasteiger partial charge in [0, 0.05) is 5.39 Å². The van der Waals surface area contributed by atoms with E-state index in [2.05, 4.69) is 5.16 Å². The molecule has 0 unspecified atom stereocenters. The van der Waals surface area contributed by atoms with E-state index in [4.69, 9.17) is 4.52 Å². The summed E-state index contributed by atoms with van der Waals surface area (Å²) in [7, 11) is 0. The lowest BCUT2D eigenvalue weighted by Crippen LogP contribution is -2.12. The van der Waals surface area contributed by atoms with E-state index >= 15 is 0 Å². The molecule has 2 heterocycles. The molecule has 0 fully saturated rings. The highest BCUT2D eigenvalue weighted by molar-refractivity contribution is 5.88. The van der Waals surface area contributed by atoms with Crippen LogP contribution in [0.25, 0.3) is 16.4 Å². The topological polar surface area (TPSA) is 47.5 Å². The minimum absolute atomic E-state index is 0.445. The Labute approximate surface area is 91.1 Å². The molecular weight excluding hydrogens is 204 g/mol. The van der Waals surface area contributed by atoms with Crippen molar-refractivity contribution in [1.29, 1.82) is 0 Å². The summed E-state index contributed by atoms with van der Waals surface area (Å²) in [5.41, 5.74) is 3.54. The van der Waals surface area contributed by atoms with Gasteiger partial charge < -0.3 is 0 Å². The third-order valence-electron chi connectivity index (χ3n) is 2.77. The predicted octanol–water partition coefficient (Wildman–Crippen LogP) is 2.06. The lowest BCUT2D eigenvalue weighted by atomic mass is 10.2. The first-order valence-corrected chi connectivity index (χ1v) is 5.05. The van der Waals surface area contributed by atoms with Gasteiger partial charge in [0.25, 0.3) is 0 Å². The van der Waals surface area contributed by atoms with Gasteiger partial charge in [-0.1, -0.05) is 16.8 Å². The van der Waals surface area contributed by atoms with Crippen molar-refractivity contribution in [2.75, 3.05) is 0 Å². The lowest BCUT2D eigenvalue weighted by molar-refractivity contribution is 0.342. The van der Waals surface area contributed by atoms with E-state index in [9.17, 15) is 4.79 Å². The summed E-state index contributed by atoms with van der Waals surface area (Å²) in [4.78, 5) is 11.6. The second-order valence-electron chi connectivity index (χ2n) is 3.96. The average molecular weight is 214 g/mol. The van der Waals surface area contributed by atoms with Gasteiger partial charge in [-0.15, -0.1) is 0 Å². The maximum Gasteiger partial charge on any atom is 0.445 e. The minimum Gasteiger partial charge on any atom is -0.297 e. The van der Waals surface area contributed by atoms with Gasteiger partial charge in [-0.25, -0.2) is 9.20 Å². The average Bonchev–Trinajstić information content (AvgIpc) is 2.63. The molecule has 80 valence electrons. The molecule has 0 amide bonds. The molecular formula is C12H10N2O2. The fourth-order valence-corrected chi connectivity index (χ4v) is 1.99. The van der Waals surface area contributed by atoms with Crippen LogP contribution in [0.1, 0.15) is 11.3 Å².